The molecular formula is C21H30N6O4S. The monoisotopic (exact) mass is 462 g/mol. The van der Waals surface area contributed by atoms with Gasteiger partial charge in [0.2, 0.25) is 11.8 Å². The largest absolute Gasteiger partial charge is 0.376 e. The fraction of sp³-hybridized carbons (Fsp3) is 0.667. The van der Waals surface area contributed by atoms with E-state index >= 15 is 0 Å². The third-order valence-electron chi connectivity index (χ3n) is 5.80. The second kappa shape index (κ2) is 9.95. The third kappa shape index (κ3) is 5.26. The van der Waals surface area contributed by atoms with Crippen LogP contribution in [0.15, 0.2) is 11.1 Å². The number of rotatable bonds is 7. The van der Waals surface area contributed by atoms with Crippen LogP contribution in [0.3, 0.4) is 0 Å². The molecule has 174 valence electrons. The molecule has 0 spiro atoms. The summed E-state index contributed by atoms with van der Waals surface area (Å²) in [5.41, 5.74) is 0.128. The molecule has 2 saturated heterocycles. The SMILES string of the molecule is CC(C)NC(=O)C1CCN(c2nc3ncn(CC(=O)NC[C@@H]4CCCO4)c(=O)c3s2)CC1. The topological polar surface area (TPSA) is 118 Å². The van der Waals surface area contributed by atoms with Crippen molar-refractivity contribution in [2.24, 2.45) is 5.92 Å². The van der Waals surface area contributed by atoms with E-state index in [0.29, 0.717) is 30.0 Å². The number of amides is 2. The number of nitrogens with zero attached hydrogens (tertiary/aromatic N) is 4. The maximum Gasteiger partial charge on any atom is 0.273 e. The molecule has 2 aliphatic rings. The van der Waals surface area contributed by atoms with Crippen molar-refractivity contribution in [2.45, 2.75) is 58.2 Å². The zero-order valence-electron chi connectivity index (χ0n) is 18.5. The molecule has 32 heavy (non-hydrogen) atoms. The van der Waals surface area contributed by atoms with Crippen LogP contribution in [0.5, 0.6) is 0 Å². The van der Waals surface area contributed by atoms with Crippen molar-refractivity contribution >= 4 is 38.6 Å². The van der Waals surface area contributed by atoms with Crippen molar-refractivity contribution in [2.75, 3.05) is 31.1 Å². The third-order valence-corrected chi connectivity index (χ3v) is 6.90. The van der Waals surface area contributed by atoms with Gasteiger partial charge in [-0.2, -0.15) is 4.98 Å². The molecule has 0 unspecified atom stereocenters. The molecule has 0 saturated carbocycles. The van der Waals surface area contributed by atoms with Gasteiger partial charge in [-0.3, -0.25) is 19.0 Å². The summed E-state index contributed by atoms with van der Waals surface area (Å²) in [6.07, 6.45) is 4.88. The molecule has 0 radical (unpaired) electrons. The molecule has 2 aliphatic heterocycles. The summed E-state index contributed by atoms with van der Waals surface area (Å²) >= 11 is 1.29. The molecule has 2 aromatic rings. The van der Waals surface area contributed by atoms with E-state index in [0.717, 1.165) is 37.4 Å². The van der Waals surface area contributed by atoms with Gasteiger partial charge in [0.05, 0.1) is 6.10 Å². The Morgan fingerprint density at radius 3 is 2.75 bits per heavy atom. The fourth-order valence-electron chi connectivity index (χ4n) is 4.06. The van der Waals surface area contributed by atoms with Crippen LogP contribution in [-0.4, -0.2) is 64.7 Å². The number of fused-ring (bicyclic) bond motifs is 1. The zero-order chi connectivity index (χ0) is 22.7. The van der Waals surface area contributed by atoms with E-state index in [1.807, 2.05) is 13.8 Å². The molecule has 1 atom stereocenters. The molecule has 10 nitrogen and oxygen atoms in total. The highest BCUT2D eigenvalue weighted by Gasteiger charge is 2.27. The van der Waals surface area contributed by atoms with Crippen LogP contribution >= 0.6 is 11.3 Å². The quantitative estimate of drug-likeness (QED) is 0.627. The lowest BCUT2D eigenvalue weighted by atomic mass is 9.96. The summed E-state index contributed by atoms with van der Waals surface area (Å²) in [7, 11) is 0. The van der Waals surface area contributed by atoms with E-state index < -0.39 is 0 Å². The lowest BCUT2D eigenvalue weighted by molar-refractivity contribution is -0.126. The van der Waals surface area contributed by atoms with Crippen molar-refractivity contribution in [1.29, 1.82) is 0 Å². The van der Waals surface area contributed by atoms with Crippen LogP contribution in [0.25, 0.3) is 10.3 Å². The van der Waals surface area contributed by atoms with Gasteiger partial charge in [-0.05, 0) is 39.5 Å². The van der Waals surface area contributed by atoms with Crippen molar-refractivity contribution in [3.05, 3.63) is 16.7 Å². The van der Waals surface area contributed by atoms with Crippen molar-refractivity contribution in [3.63, 3.8) is 0 Å². The Hall–Kier alpha value is -2.53. The van der Waals surface area contributed by atoms with Crippen LogP contribution in [0.1, 0.15) is 39.5 Å². The highest BCUT2D eigenvalue weighted by atomic mass is 32.1. The number of aromatic nitrogens is 3. The van der Waals surface area contributed by atoms with Crippen molar-refractivity contribution in [3.8, 4) is 0 Å². The molecule has 0 aliphatic carbocycles. The summed E-state index contributed by atoms with van der Waals surface area (Å²) in [5, 5.41) is 6.53. The lowest BCUT2D eigenvalue weighted by Gasteiger charge is -2.31. The van der Waals surface area contributed by atoms with E-state index in [-0.39, 0.29) is 42.0 Å². The van der Waals surface area contributed by atoms with Crippen molar-refractivity contribution < 1.29 is 14.3 Å². The van der Waals surface area contributed by atoms with E-state index in [2.05, 4.69) is 25.5 Å². The number of hydrogen-bond acceptors (Lipinski definition) is 8. The number of hydrogen-bond donors (Lipinski definition) is 2. The number of piperidine rings is 1. The summed E-state index contributed by atoms with van der Waals surface area (Å²) in [6.45, 7) is 6.43. The van der Waals surface area contributed by atoms with E-state index in [1.165, 1.54) is 22.2 Å². The molecule has 4 rings (SSSR count). The second-order valence-electron chi connectivity index (χ2n) is 8.69. The first-order chi connectivity index (χ1) is 15.4. The Morgan fingerprint density at radius 2 is 2.06 bits per heavy atom. The maximum atomic E-state index is 12.9. The van der Waals surface area contributed by atoms with Gasteiger partial charge in [0, 0.05) is 38.2 Å². The summed E-state index contributed by atoms with van der Waals surface area (Å²) in [4.78, 5) is 48.3. The Bertz CT molecular complexity index is 1020. The molecule has 2 amide bonds. The van der Waals surface area contributed by atoms with Crippen LogP contribution in [0.4, 0.5) is 5.13 Å². The standard InChI is InChI=1S/C21H30N6O4S/c1-13(2)24-19(29)14-5-7-26(8-6-14)21-25-18-17(32-21)20(30)27(12-23-18)11-16(28)22-10-15-4-3-9-31-15/h12-15H,3-11H2,1-2H3,(H,22,28)(H,24,29)/t15-/m0/s1. The Balaban J connectivity index is 1.38. The molecule has 0 aromatic carbocycles. The molecule has 11 heteroatoms. The van der Waals surface area contributed by atoms with Gasteiger partial charge in [0.25, 0.3) is 5.56 Å². The number of carbonyl (C=O) groups is 2. The minimum Gasteiger partial charge on any atom is -0.376 e. The Labute approximate surface area is 190 Å². The molecule has 4 heterocycles. The first kappa shape index (κ1) is 22.7. The number of anilines is 1. The maximum absolute atomic E-state index is 12.9. The highest BCUT2D eigenvalue weighted by Crippen LogP contribution is 2.29. The van der Waals surface area contributed by atoms with Gasteiger partial charge in [-0.1, -0.05) is 11.3 Å². The van der Waals surface area contributed by atoms with Gasteiger partial charge in [-0.15, -0.1) is 0 Å². The van der Waals surface area contributed by atoms with E-state index in [4.69, 9.17) is 4.74 Å². The normalized spacial score (nSPS) is 19.6. The minimum absolute atomic E-state index is 0.00604. The van der Waals surface area contributed by atoms with Gasteiger partial charge >= 0.3 is 0 Å². The van der Waals surface area contributed by atoms with Crippen molar-refractivity contribution in [1.82, 2.24) is 25.2 Å². The first-order valence-corrected chi connectivity index (χ1v) is 12.0. The number of thiazole rings is 1. The second-order valence-corrected chi connectivity index (χ2v) is 9.67. The predicted molar refractivity (Wildman–Crippen MR) is 122 cm³/mol. The number of nitrogens with one attached hydrogen (secondary N) is 2. The summed E-state index contributed by atoms with van der Waals surface area (Å²) < 4.78 is 7.26. The molecule has 2 aromatic heterocycles. The number of carbonyl (C=O) groups excluding carboxylic acids is 2. The highest BCUT2D eigenvalue weighted by molar-refractivity contribution is 7.22. The Kier molecular flexibility index (Phi) is 7.04. The fourth-order valence-corrected chi connectivity index (χ4v) is 5.08. The van der Waals surface area contributed by atoms with Gasteiger partial charge in [0.15, 0.2) is 10.8 Å². The first-order valence-electron chi connectivity index (χ1n) is 11.2. The molecule has 2 N–H and O–H groups in total. The Morgan fingerprint density at radius 1 is 1.28 bits per heavy atom. The average Bonchev–Trinajstić information content (AvgIpc) is 3.44. The van der Waals surface area contributed by atoms with Gasteiger partial charge < -0.3 is 20.3 Å². The number of ether oxygens (including phenoxy) is 1. The predicted octanol–water partition coefficient (Wildman–Crippen LogP) is 0.889. The van der Waals surface area contributed by atoms with E-state index in [9.17, 15) is 14.4 Å². The molecular weight excluding hydrogens is 432 g/mol. The van der Waals surface area contributed by atoms with Crippen LogP contribution < -0.4 is 21.1 Å². The molecule has 0 bridgehead atoms. The van der Waals surface area contributed by atoms with Crippen LogP contribution in [0.2, 0.25) is 0 Å². The zero-order valence-corrected chi connectivity index (χ0v) is 19.3. The van der Waals surface area contributed by atoms with Crippen LogP contribution in [-0.2, 0) is 20.9 Å². The molecule has 2 fully saturated rings. The summed E-state index contributed by atoms with van der Waals surface area (Å²) in [6, 6.07) is 0.135. The minimum atomic E-state index is -0.266. The van der Waals surface area contributed by atoms with Gasteiger partial charge in [-0.25, -0.2) is 4.98 Å². The van der Waals surface area contributed by atoms with Crippen LogP contribution in [0, 0.1) is 5.92 Å². The van der Waals surface area contributed by atoms with E-state index in [1.54, 1.807) is 0 Å². The lowest BCUT2D eigenvalue weighted by Crippen LogP contribution is -2.42. The summed E-state index contributed by atoms with van der Waals surface area (Å²) in [5.74, 6) is -0.131. The smallest absolute Gasteiger partial charge is 0.273 e. The van der Waals surface area contributed by atoms with Gasteiger partial charge in [0.1, 0.15) is 17.6 Å². The average molecular weight is 463 g/mol.